The summed E-state index contributed by atoms with van der Waals surface area (Å²) in [6.07, 6.45) is 6.52. The first-order valence-corrected chi connectivity index (χ1v) is 13.5. The van der Waals surface area contributed by atoms with Crippen LogP contribution in [0.25, 0.3) is 0 Å². The number of allylic oxidation sites excluding steroid dienone is 1. The SMILES string of the molecule is CCCS(=O)(=O)NC(=O)C12CC1/C=C\CCCCCC(OC(N)=O)C(=O)N1CCCC1C(=O)N2. The van der Waals surface area contributed by atoms with Crippen molar-refractivity contribution in [1.29, 1.82) is 0 Å². The summed E-state index contributed by atoms with van der Waals surface area (Å²) in [7, 11) is -3.82. The predicted octanol–water partition coefficient (Wildman–Crippen LogP) is 0.693. The minimum absolute atomic E-state index is 0.199. The second-order valence-electron chi connectivity index (χ2n) is 9.20. The molecule has 4 atom stereocenters. The molecule has 11 nitrogen and oxygen atoms in total. The number of fused-ring (bicyclic) bond motifs is 2. The van der Waals surface area contributed by atoms with E-state index in [4.69, 9.17) is 10.5 Å². The molecule has 0 aromatic carbocycles. The van der Waals surface area contributed by atoms with Crippen molar-refractivity contribution in [3.63, 3.8) is 0 Å². The van der Waals surface area contributed by atoms with Crippen LogP contribution in [-0.2, 0) is 29.1 Å². The highest BCUT2D eigenvalue weighted by Crippen LogP contribution is 2.45. The fraction of sp³-hybridized carbons (Fsp3) is 0.727. The molecule has 34 heavy (non-hydrogen) atoms. The molecule has 2 aliphatic heterocycles. The Morgan fingerprint density at radius 2 is 2.00 bits per heavy atom. The van der Waals surface area contributed by atoms with Crippen LogP contribution in [0, 0.1) is 5.92 Å². The van der Waals surface area contributed by atoms with E-state index >= 15 is 0 Å². The van der Waals surface area contributed by atoms with Gasteiger partial charge in [-0.15, -0.1) is 0 Å². The molecular formula is C22H34N4O7S. The summed E-state index contributed by atoms with van der Waals surface area (Å²) in [5.41, 5.74) is 3.78. The summed E-state index contributed by atoms with van der Waals surface area (Å²) in [5, 5.41) is 2.76. The third kappa shape index (κ3) is 6.08. The molecule has 0 aromatic heterocycles. The number of hydrogen-bond acceptors (Lipinski definition) is 7. The molecule has 4 unspecified atom stereocenters. The molecule has 4 amide bonds. The quantitative estimate of drug-likeness (QED) is 0.469. The molecule has 1 saturated heterocycles. The van der Waals surface area contributed by atoms with E-state index in [0.717, 1.165) is 19.3 Å². The Hall–Kier alpha value is -2.63. The molecular weight excluding hydrogens is 464 g/mol. The van der Waals surface area contributed by atoms with Gasteiger partial charge in [-0.1, -0.05) is 25.5 Å². The van der Waals surface area contributed by atoms with Crippen LogP contribution in [0.1, 0.15) is 64.7 Å². The minimum Gasteiger partial charge on any atom is -0.436 e. The number of nitrogens with one attached hydrogen (secondary N) is 2. The van der Waals surface area contributed by atoms with E-state index in [0.29, 0.717) is 38.6 Å². The molecule has 0 spiro atoms. The van der Waals surface area contributed by atoms with E-state index in [1.165, 1.54) is 4.90 Å². The summed E-state index contributed by atoms with van der Waals surface area (Å²) in [6.45, 7) is 2.00. The Morgan fingerprint density at radius 3 is 2.71 bits per heavy atom. The third-order valence-electron chi connectivity index (χ3n) is 6.57. The van der Waals surface area contributed by atoms with Gasteiger partial charge in [0.05, 0.1) is 5.75 Å². The number of carbonyl (C=O) groups is 4. The second-order valence-corrected chi connectivity index (χ2v) is 11.0. The summed E-state index contributed by atoms with van der Waals surface area (Å²) >= 11 is 0. The lowest BCUT2D eigenvalue weighted by molar-refractivity contribution is -0.146. The zero-order valence-corrected chi connectivity index (χ0v) is 20.3. The Labute approximate surface area is 199 Å². The number of rotatable bonds is 5. The smallest absolute Gasteiger partial charge is 0.405 e. The highest BCUT2D eigenvalue weighted by molar-refractivity contribution is 7.90. The molecule has 2 fully saturated rings. The molecule has 0 bridgehead atoms. The highest BCUT2D eigenvalue weighted by atomic mass is 32.2. The van der Waals surface area contributed by atoms with Crippen LogP contribution in [0.3, 0.4) is 0 Å². The van der Waals surface area contributed by atoms with Gasteiger partial charge in [0, 0.05) is 12.5 Å². The van der Waals surface area contributed by atoms with Crippen LogP contribution in [0.2, 0.25) is 0 Å². The van der Waals surface area contributed by atoms with E-state index in [2.05, 4.69) is 10.0 Å². The van der Waals surface area contributed by atoms with E-state index in [-0.39, 0.29) is 18.1 Å². The van der Waals surface area contributed by atoms with E-state index in [1.807, 2.05) is 12.2 Å². The van der Waals surface area contributed by atoms with Gasteiger partial charge in [-0.25, -0.2) is 13.2 Å². The molecule has 3 aliphatic rings. The predicted molar refractivity (Wildman–Crippen MR) is 123 cm³/mol. The highest BCUT2D eigenvalue weighted by Gasteiger charge is 2.61. The number of carbonyl (C=O) groups excluding carboxylic acids is 4. The summed E-state index contributed by atoms with van der Waals surface area (Å²) < 4.78 is 31.6. The minimum atomic E-state index is -3.82. The van der Waals surface area contributed by atoms with Gasteiger partial charge in [0.1, 0.15) is 11.6 Å². The zero-order chi connectivity index (χ0) is 24.9. The Bertz CT molecular complexity index is 951. The number of ether oxygens (including phenoxy) is 1. The molecule has 0 radical (unpaired) electrons. The lowest BCUT2D eigenvalue weighted by Crippen LogP contribution is -2.57. The van der Waals surface area contributed by atoms with Crippen LogP contribution in [0.15, 0.2) is 12.2 Å². The van der Waals surface area contributed by atoms with Crippen molar-refractivity contribution in [2.24, 2.45) is 11.7 Å². The zero-order valence-electron chi connectivity index (χ0n) is 19.5. The standard InChI is InChI=1S/C22H34N4O7S/c1-2-13-34(31,32)25-20(29)22-14-15(22)9-6-4-3-5-7-11-17(33-21(23)30)19(28)26-12-8-10-16(26)18(27)24-22/h6,9,15-17H,2-5,7-8,10-14H2,1H3,(H2,23,30)(H,24,27)(H,25,29)/b9-6-. The maximum absolute atomic E-state index is 13.3. The maximum atomic E-state index is 13.3. The number of nitrogens with two attached hydrogens (primary N) is 1. The van der Waals surface area contributed by atoms with E-state index in [1.54, 1.807) is 6.92 Å². The van der Waals surface area contributed by atoms with Gasteiger partial charge in [0.2, 0.25) is 15.9 Å². The normalized spacial score (nSPS) is 31.2. The number of nitrogens with zero attached hydrogens (tertiary/aromatic N) is 1. The average molecular weight is 499 g/mol. The van der Waals surface area contributed by atoms with Crippen molar-refractivity contribution in [2.45, 2.75) is 82.4 Å². The fourth-order valence-electron chi connectivity index (χ4n) is 4.73. The molecule has 1 aliphatic carbocycles. The van der Waals surface area contributed by atoms with Crippen molar-refractivity contribution in [3.05, 3.63) is 12.2 Å². The van der Waals surface area contributed by atoms with Gasteiger partial charge in [0.15, 0.2) is 6.10 Å². The maximum Gasteiger partial charge on any atom is 0.405 e. The molecule has 1 saturated carbocycles. The van der Waals surface area contributed by atoms with Gasteiger partial charge in [-0.3, -0.25) is 19.1 Å². The van der Waals surface area contributed by atoms with Crippen LogP contribution in [0.4, 0.5) is 4.79 Å². The number of amides is 4. The first-order chi connectivity index (χ1) is 16.1. The lowest BCUT2D eigenvalue weighted by Gasteiger charge is -2.29. The fourth-order valence-corrected chi connectivity index (χ4v) is 5.83. The summed E-state index contributed by atoms with van der Waals surface area (Å²) in [5.74, 6) is -2.32. The molecule has 190 valence electrons. The van der Waals surface area contributed by atoms with Gasteiger partial charge >= 0.3 is 6.09 Å². The summed E-state index contributed by atoms with van der Waals surface area (Å²) in [6, 6.07) is -0.848. The van der Waals surface area contributed by atoms with Crippen LogP contribution in [0.5, 0.6) is 0 Å². The number of hydrogen-bond donors (Lipinski definition) is 3. The first-order valence-electron chi connectivity index (χ1n) is 11.9. The molecule has 12 heteroatoms. The van der Waals surface area contributed by atoms with Crippen molar-refractivity contribution >= 4 is 33.8 Å². The first kappa shape index (κ1) is 26.0. The molecule has 3 rings (SSSR count). The molecule has 0 aromatic rings. The molecule has 2 heterocycles. The number of primary amides is 1. The summed E-state index contributed by atoms with van der Waals surface area (Å²) in [4.78, 5) is 52.2. The Balaban J connectivity index is 1.85. The van der Waals surface area contributed by atoms with Crippen molar-refractivity contribution in [1.82, 2.24) is 14.9 Å². The van der Waals surface area contributed by atoms with Crippen molar-refractivity contribution in [3.8, 4) is 0 Å². The van der Waals surface area contributed by atoms with Gasteiger partial charge in [-0.05, 0) is 51.4 Å². The lowest BCUT2D eigenvalue weighted by atomic mass is 10.1. The van der Waals surface area contributed by atoms with E-state index in [9.17, 15) is 27.6 Å². The van der Waals surface area contributed by atoms with Gasteiger partial charge < -0.3 is 20.7 Å². The second kappa shape index (κ2) is 10.7. The van der Waals surface area contributed by atoms with Crippen molar-refractivity contribution < 1.29 is 32.3 Å². The monoisotopic (exact) mass is 498 g/mol. The number of sulfonamides is 1. The Kier molecular flexibility index (Phi) is 8.21. The topological polar surface area (TPSA) is 165 Å². The van der Waals surface area contributed by atoms with Gasteiger partial charge in [0.25, 0.3) is 11.8 Å². The Morgan fingerprint density at radius 1 is 1.24 bits per heavy atom. The molecule has 4 N–H and O–H groups in total. The van der Waals surface area contributed by atoms with Crippen LogP contribution in [-0.4, -0.2) is 67.1 Å². The largest absolute Gasteiger partial charge is 0.436 e. The average Bonchev–Trinajstić information content (AvgIpc) is 3.22. The van der Waals surface area contributed by atoms with Crippen LogP contribution < -0.4 is 15.8 Å². The van der Waals surface area contributed by atoms with E-state index < -0.39 is 51.5 Å². The van der Waals surface area contributed by atoms with Gasteiger partial charge in [-0.2, -0.15) is 0 Å². The van der Waals surface area contributed by atoms with Crippen LogP contribution >= 0.6 is 0 Å². The van der Waals surface area contributed by atoms with Crippen molar-refractivity contribution in [2.75, 3.05) is 12.3 Å². The third-order valence-corrected chi connectivity index (χ3v) is 8.01.